The van der Waals surface area contributed by atoms with Gasteiger partial charge in [0, 0.05) is 24.2 Å². The number of likely N-dealkylation sites (tertiary alicyclic amines) is 1. The van der Waals surface area contributed by atoms with Crippen LogP contribution in [-0.2, 0) is 0 Å². The van der Waals surface area contributed by atoms with E-state index >= 15 is 0 Å². The number of hydrogen-bond acceptors (Lipinski definition) is 2. The number of halogens is 1. The SMILES string of the molecule is CSCC1CCCN1CCCl. The van der Waals surface area contributed by atoms with E-state index in [1.165, 1.54) is 25.1 Å². The van der Waals surface area contributed by atoms with Crippen molar-refractivity contribution in [2.45, 2.75) is 18.9 Å². The number of nitrogens with zero attached hydrogens (tertiary/aromatic N) is 1. The second-order valence-corrected chi connectivity index (χ2v) is 4.26. The lowest BCUT2D eigenvalue weighted by atomic mass is 10.2. The van der Waals surface area contributed by atoms with Crippen molar-refractivity contribution in [3.63, 3.8) is 0 Å². The van der Waals surface area contributed by atoms with Crippen LogP contribution in [0.3, 0.4) is 0 Å². The smallest absolute Gasteiger partial charge is 0.0351 e. The van der Waals surface area contributed by atoms with Crippen LogP contribution in [0.4, 0.5) is 0 Å². The van der Waals surface area contributed by atoms with Crippen LogP contribution in [0.25, 0.3) is 0 Å². The van der Waals surface area contributed by atoms with E-state index < -0.39 is 0 Å². The Morgan fingerprint density at radius 1 is 1.64 bits per heavy atom. The summed E-state index contributed by atoms with van der Waals surface area (Å²) in [5.74, 6) is 2.06. The van der Waals surface area contributed by atoms with Gasteiger partial charge in [0.05, 0.1) is 0 Å². The van der Waals surface area contributed by atoms with Crippen molar-refractivity contribution in [1.29, 1.82) is 0 Å². The minimum Gasteiger partial charge on any atom is -0.298 e. The minimum atomic E-state index is 0.783. The van der Waals surface area contributed by atoms with E-state index in [-0.39, 0.29) is 0 Å². The van der Waals surface area contributed by atoms with Crippen molar-refractivity contribution < 1.29 is 0 Å². The molecule has 0 aliphatic carbocycles. The third kappa shape index (κ3) is 2.85. The summed E-state index contributed by atoms with van der Waals surface area (Å²) in [6, 6.07) is 0.809. The summed E-state index contributed by atoms with van der Waals surface area (Å²) in [4.78, 5) is 2.52. The molecule has 0 aromatic carbocycles. The highest BCUT2D eigenvalue weighted by Gasteiger charge is 2.22. The number of hydrogen-bond donors (Lipinski definition) is 0. The third-order valence-electron chi connectivity index (χ3n) is 2.23. The van der Waals surface area contributed by atoms with E-state index in [0.717, 1.165) is 18.5 Å². The van der Waals surface area contributed by atoms with Crippen molar-refractivity contribution in [2.24, 2.45) is 0 Å². The van der Waals surface area contributed by atoms with Crippen molar-refractivity contribution in [1.82, 2.24) is 4.90 Å². The van der Waals surface area contributed by atoms with Crippen LogP contribution in [-0.4, -0.2) is 41.9 Å². The van der Waals surface area contributed by atoms with Crippen molar-refractivity contribution in [3.05, 3.63) is 0 Å². The van der Waals surface area contributed by atoms with Crippen molar-refractivity contribution in [3.8, 4) is 0 Å². The fourth-order valence-corrected chi connectivity index (χ4v) is 2.66. The van der Waals surface area contributed by atoms with E-state index in [1.807, 2.05) is 11.8 Å². The molecule has 0 radical (unpaired) electrons. The average molecular weight is 194 g/mol. The Morgan fingerprint density at radius 3 is 3.09 bits per heavy atom. The van der Waals surface area contributed by atoms with Crippen LogP contribution >= 0.6 is 23.4 Å². The van der Waals surface area contributed by atoms with Gasteiger partial charge in [-0.25, -0.2) is 0 Å². The summed E-state index contributed by atoms with van der Waals surface area (Å²) in [5, 5.41) is 0. The summed E-state index contributed by atoms with van der Waals surface area (Å²) < 4.78 is 0. The van der Waals surface area contributed by atoms with Crippen LogP contribution in [0.2, 0.25) is 0 Å². The molecule has 11 heavy (non-hydrogen) atoms. The molecule has 0 amide bonds. The Balaban J connectivity index is 2.25. The highest BCUT2D eigenvalue weighted by Crippen LogP contribution is 2.19. The normalized spacial score (nSPS) is 26.2. The number of alkyl halides is 1. The van der Waals surface area contributed by atoms with E-state index in [2.05, 4.69) is 11.2 Å². The Labute approximate surface area is 78.5 Å². The first-order valence-corrected chi connectivity index (χ1v) is 6.10. The van der Waals surface area contributed by atoms with Gasteiger partial charge >= 0.3 is 0 Å². The molecule has 0 aromatic rings. The van der Waals surface area contributed by atoms with Crippen LogP contribution in [0, 0.1) is 0 Å². The lowest BCUT2D eigenvalue weighted by Crippen LogP contribution is -2.32. The molecule has 1 aliphatic rings. The van der Waals surface area contributed by atoms with Gasteiger partial charge in [-0.2, -0.15) is 11.8 Å². The molecule has 1 heterocycles. The molecule has 1 fully saturated rings. The monoisotopic (exact) mass is 193 g/mol. The maximum absolute atomic E-state index is 5.70. The standard InChI is InChI=1S/C8H16ClNS/c1-11-7-8-3-2-5-10(8)6-4-9/h8H,2-7H2,1H3. The van der Waals surface area contributed by atoms with E-state index in [1.54, 1.807) is 0 Å². The van der Waals surface area contributed by atoms with E-state index in [4.69, 9.17) is 11.6 Å². The summed E-state index contributed by atoms with van der Waals surface area (Å²) >= 11 is 7.64. The van der Waals surface area contributed by atoms with Crippen molar-refractivity contribution in [2.75, 3.05) is 31.0 Å². The Bertz CT molecular complexity index is 98.3. The first kappa shape index (κ1) is 9.69. The van der Waals surface area contributed by atoms with Gasteiger partial charge in [0.1, 0.15) is 0 Å². The molecule has 66 valence electrons. The second kappa shape index (κ2) is 5.28. The average Bonchev–Trinajstić information content (AvgIpc) is 2.39. The molecular formula is C8H16ClNS. The van der Waals surface area contributed by atoms with Crippen LogP contribution in [0.15, 0.2) is 0 Å². The topological polar surface area (TPSA) is 3.24 Å². The summed E-state index contributed by atoms with van der Waals surface area (Å²) in [6.07, 6.45) is 4.91. The van der Waals surface area contributed by atoms with Gasteiger partial charge in [-0.3, -0.25) is 4.90 Å². The van der Waals surface area contributed by atoms with E-state index in [0.29, 0.717) is 0 Å². The lowest BCUT2D eigenvalue weighted by Gasteiger charge is -2.22. The van der Waals surface area contributed by atoms with Gasteiger partial charge in [-0.05, 0) is 25.6 Å². The summed E-state index contributed by atoms with van der Waals surface area (Å²) in [6.45, 7) is 2.34. The molecule has 0 spiro atoms. The highest BCUT2D eigenvalue weighted by atomic mass is 35.5. The Kier molecular flexibility index (Phi) is 4.65. The zero-order valence-corrected chi connectivity index (χ0v) is 8.63. The van der Waals surface area contributed by atoms with Gasteiger partial charge in [0.2, 0.25) is 0 Å². The molecule has 0 saturated carbocycles. The lowest BCUT2D eigenvalue weighted by molar-refractivity contribution is 0.289. The molecular weight excluding hydrogens is 178 g/mol. The molecule has 1 unspecified atom stereocenters. The summed E-state index contributed by atoms with van der Waals surface area (Å²) in [5.41, 5.74) is 0. The fraction of sp³-hybridized carbons (Fsp3) is 1.00. The molecule has 0 bridgehead atoms. The molecule has 1 nitrogen and oxygen atoms in total. The van der Waals surface area contributed by atoms with Crippen LogP contribution in [0.1, 0.15) is 12.8 Å². The van der Waals surface area contributed by atoms with Gasteiger partial charge in [0.15, 0.2) is 0 Å². The largest absolute Gasteiger partial charge is 0.298 e. The molecule has 0 N–H and O–H groups in total. The summed E-state index contributed by atoms with van der Waals surface area (Å²) in [7, 11) is 0. The Hall–Kier alpha value is 0.600. The Morgan fingerprint density at radius 2 is 2.45 bits per heavy atom. The minimum absolute atomic E-state index is 0.783. The van der Waals surface area contributed by atoms with Crippen LogP contribution in [0.5, 0.6) is 0 Å². The van der Waals surface area contributed by atoms with Gasteiger partial charge in [0.25, 0.3) is 0 Å². The van der Waals surface area contributed by atoms with Gasteiger partial charge in [-0.15, -0.1) is 11.6 Å². The first-order valence-electron chi connectivity index (χ1n) is 4.17. The predicted octanol–water partition coefficient (Wildman–Crippen LogP) is 2.05. The predicted molar refractivity (Wildman–Crippen MR) is 53.7 cm³/mol. The van der Waals surface area contributed by atoms with Crippen molar-refractivity contribution >= 4 is 23.4 Å². The molecule has 1 aliphatic heterocycles. The number of thioether (sulfide) groups is 1. The molecule has 0 aromatic heterocycles. The first-order chi connectivity index (χ1) is 5.38. The molecule has 1 saturated heterocycles. The van der Waals surface area contributed by atoms with Gasteiger partial charge < -0.3 is 0 Å². The quantitative estimate of drug-likeness (QED) is 0.629. The maximum Gasteiger partial charge on any atom is 0.0351 e. The third-order valence-corrected chi connectivity index (χ3v) is 3.12. The fourth-order valence-electron chi connectivity index (χ4n) is 1.68. The molecule has 1 rings (SSSR count). The maximum atomic E-state index is 5.70. The van der Waals surface area contributed by atoms with Gasteiger partial charge in [-0.1, -0.05) is 0 Å². The molecule has 3 heteroatoms. The van der Waals surface area contributed by atoms with Crippen LogP contribution < -0.4 is 0 Å². The zero-order valence-electron chi connectivity index (χ0n) is 7.05. The number of rotatable bonds is 4. The zero-order chi connectivity index (χ0) is 8.10. The second-order valence-electron chi connectivity index (χ2n) is 2.98. The molecule has 1 atom stereocenters. The highest BCUT2D eigenvalue weighted by molar-refractivity contribution is 7.98. The van der Waals surface area contributed by atoms with E-state index in [9.17, 15) is 0 Å².